The predicted molar refractivity (Wildman–Crippen MR) is 129 cm³/mol. The number of halogens is 1. The molecule has 30 heavy (non-hydrogen) atoms. The van der Waals surface area contributed by atoms with Crippen LogP contribution in [0.2, 0.25) is 0 Å². The molecular weight excluding hydrogens is 513 g/mol. The SMILES string of the molecule is CN=C(NCCCN1C(=O)C2C3C=CC(C3)C2C1=O)NCc1csc(C(C)C)n1.I. The van der Waals surface area contributed by atoms with Gasteiger partial charge in [-0.25, -0.2) is 4.98 Å². The molecule has 4 unspecified atom stereocenters. The van der Waals surface area contributed by atoms with Gasteiger partial charge in [0.05, 0.1) is 29.1 Å². The van der Waals surface area contributed by atoms with Gasteiger partial charge in [-0.2, -0.15) is 0 Å². The zero-order valence-corrected chi connectivity index (χ0v) is 20.8. The average molecular weight is 543 g/mol. The van der Waals surface area contributed by atoms with Crippen molar-refractivity contribution in [1.82, 2.24) is 20.5 Å². The predicted octanol–water partition coefficient (Wildman–Crippen LogP) is 2.75. The van der Waals surface area contributed by atoms with Crippen molar-refractivity contribution in [3.63, 3.8) is 0 Å². The maximum atomic E-state index is 12.7. The molecule has 0 radical (unpaired) electrons. The summed E-state index contributed by atoms with van der Waals surface area (Å²) in [6, 6.07) is 0. The van der Waals surface area contributed by atoms with E-state index >= 15 is 0 Å². The van der Waals surface area contributed by atoms with E-state index in [-0.39, 0.29) is 59.5 Å². The molecule has 164 valence electrons. The van der Waals surface area contributed by atoms with Gasteiger partial charge in [-0.1, -0.05) is 26.0 Å². The van der Waals surface area contributed by atoms with Gasteiger partial charge in [0, 0.05) is 31.4 Å². The van der Waals surface area contributed by atoms with Crippen molar-refractivity contribution >= 4 is 53.1 Å². The molecule has 0 aromatic carbocycles. The zero-order valence-electron chi connectivity index (χ0n) is 17.6. The number of carbonyl (C=O) groups is 2. The summed E-state index contributed by atoms with van der Waals surface area (Å²) in [4.78, 5) is 35.7. The van der Waals surface area contributed by atoms with E-state index in [0.29, 0.717) is 37.9 Å². The molecule has 1 aliphatic heterocycles. The highest BCUT2D eigenvalue weighted by Crippen LogP contribution is 2.52. The molecule has 2 fully saturated rings. The first-order valence-electron chi connectivity index (χ1n) is 10.4. The van der Waals surface area contributed by atoms with Crippen LogP contribution in [0.15, 0.2) is 22.5 Å². The van der Waals surface area contributed by atoms with Crippen LogP contribution in [0.5, 0.6) is 0 Å². The van der Waals surface area contributed by atoms with Gasteiger partial charge in [-0.15, -0.1) is 35.3 Å². The first kappa shape index (κ1) is 23.2. The van der Waals surface area contributed by atoms with Crippen LogP contribution in [0.25, 0.3) is 0 Å². The number of aliphatic imine (C=N–C) groups is 1. The van der Waals surface area contributed by atoms with Crippen LogP contribution in [0.1, 0.15) is 43.3 Å². The van der Waals surface area contributed by atoms with E-state index in [2.05, 4.69) is 52.0 Å². The Morgan fingerprint density at radius 3 is 2.47 bits per heavy atom. The van der Waals surface area contributed by atoms with E-state index < -0.39 is 0 Å². The summed E-state index contributed by atoms with van der Waals surface area (Å²) in [5.41, 5.74) is 1.00. The van der Waals surface area contributed by atoms with E-state index in [4.69, 9.17) is 0 Å². The Labute approximate surface area is 198 Å². The van der Waals surface area contributed by atoms with Gasteiger partial charge < -0.3 is 10.6 Å². The second-order valence-corrected chi connectivity index (χ2v) is 9.26. The summed E-state index contributed by atoms with van der Waals surface area (Å²) in [5, 5.41) is 9.73. The summed E-state index contributed by atoms with van der Waals surface area (Å²) in [5.74, 6) is 1.54. The Balaban J connectivity index is 0.00000256. The van der Waals surface area contributed by atoms with Gasteiger partial charge in [0.25, 0.3) is 0 Å². The van der Waals surface area contributed by atoms with Crippen molar-refractivity contribution < 1.29 is 9.59 Å². The van der Waals surface area contributed by atoms with Crippen molar-refractivity contribution in [2.75, 3.05) is 20.1 Å². The molecule has 4 rings (SSSR count). The number of hydrogen-bond acceptors (Lipinski definition) is 5. The number of amides is 2. The van der Waals surface area contributed by atoms with Crippen molar-refractivity contribution in [3.8, 4) is 0 Å². The number of nitrogens with zero attached hydrogens (tertiary/aromatic N) is 3. The topological polar surface area (TPSA) is 86.7 Å². The normalized spacial score (nSPS) is 27.1. The zero-order chi connectivity index (χ0) is 20.5. The third-order valence-electron chi connectivity index (χ3n) is 6.14. The molecular formula is C21H30IN5O2S. The van der Waals surface area contributed by atoms with E-state index in [1.807, 2.05) is 0 Å². The minimum atomic E-state index is -0.103. The highest BCUT2D eigenvalue weighted by Gasteiger charge is 2.58. The Bertz CT molecular complexity index is 822. The van der Waals surface area contributed by atoms with Crippen molar-refractivity contribution in [2.45, 2.75) is 39.2 Å². The number of aromatic nitrogens is 1. The quantitative estimate of drug-likeness (QED) is 0.138. The first-order chi connectivity index (χ1) is 14.0. The molecule has 1 aromatic rings. The van der Waals surface area contributed by atoms with Crippen LogP contribution in [-0.2, 0) is 16.1 Å². The van der Waals surface area contributed by atoms with Gasteiger partial charge >= 0.3 is 0 Å². The molecule has 2 bridgehead atoms. The number of imide groups is 1. The van der Waals surface area contributed by atoms with Crippen LogP contribution in [0.4, 0.5) is 0 Å². The number of carbonyl (C=O) groups excluding carboxylic acids is 2. The molecule has 1 aromatic heterocycles. The standard InChI is InChI=1S/C21H29N5O2S.HI/c1-12(2)18-25-15(11-29-18)10-24-21(22-3)23-7-4-8-26-19(27)16-13-5-6-14(9-13)17(16)20(26)28;/h5-6,11-14,16-17H,4,7-10H2,1-3H3,(H2,22,23,24);1H. The molecule has 3 aliphatic rings. The highest BCUT2D eigenvalue weighted by atomic mass is 127. The van der Waals surface area contributed by atoms with Crippen molar-refractivity contribution in [3.05, 3.63) is 28.2 Å². The first-order valence-corrected chi connectivity index (χ1v) is 11.3. The molecule has 4 atom stereocenters. The van der Waals surface area contributed by atoms with Gasteiger partial charge in [0.1, 0.15) is 0 Å². The smallest absolute Gasteiger partial charge is 0.233 e. The van der Waals surface area contributed by atoms with Crippen molar-refractivity contribution in [1.29, 1.82) is 0 Å². The van der Waals surface area contributed by atoms with Gasteiger partial charge in [0.15, 0.2) is 5.96 Å². The van der Waals surface area contributed by atoms with E-state index in [1.165, 1.54) is 4.90 Å². The van der Waals surface area contributed by atoms with E-state index in [1.54, 1.807) is 18.4 Å². The maximum absolute atomic E-state index is 12.7. The molecule has 0 spiro atoms. The lowest BCUT2D eigenvalue weighted by Crippen LogP contribution is -2.39. The summed E-state index contributed by atoms with van der Waals surface area (Å²) in [6.45, 7) is 6.01. The van der Waals surface area contributed by atoms with Gasteiger partial charge in [-0.05, 0) is 24.7 Å². The van der Waals surface area contributed by atoms with Gasteiger partial charge in [0.2, 0.25) is 11.8 Å². The minimum Gasteiger partial charge on any atom is -0.356 e. The summed E-state index contributed by atoms with van der Waals surface area (Å²) < 4.78 is 0. The van der Waals surface area contributed by atoms with Gasteiger partial charge in [-0.3, -0.25) is 19.5 Å². The molecule has 2 N–H and O–H groups in total. The maximum Gasteiger partial charge on any atom is 0.233 e. The fourth-order valence-electron chi connectivity index (χ4n) is 4.69. The number of allylic oxidation sites excluding steroid dienone is 2. The average Bonchev–Trinajstić information content (AvgIpc) is 3.47. The number of thiazole rings is 1. The molecule has 2 aliphatic carbocycles. The molecule has 1 saturated carbocycles. The number of likely N-dealkylation sites (tertiary alicyclic amines) is 1. The lowest BCUT2D eigenvalue weighted by atomic mass is 9.85. The molecule has 1 saturated heterocycles. The van der Waals surface area contributed by atoms with E-state index in [9.17, 15) is 9.59 Å². The molecule has 9 heteroatoms. The monoisotopic (exact) mass is 543 g/mol. The number of hydrogen-bond donors (Lipinski definition) is 2. The minimum absolute atomic E-state index is 0. The second-order valence-electron chi connectivity index (χ2n) is 8.37. The third kappa shape index (κ3) is 4.42. The van der Waals surface area contributed by atoms with E-state index in [0.717, 1.165) is 17.1 Å². The number of rotatable bonds is 7. The fourth-order valence-corrected chi connectivity index (χ4v) is 5.53. The largest absolute Gasteiger partial charge is 0.356 e. The number of nitrogens with one attached hydrogen (secondary N) is 2. The summed E-state index contributed by atoms with van der Waals surface area (Å²) >= 11 is 1.68. The molecule has 7 nitrogen and oxygen atoms in total. The van der Waals surface area contributed by atoms with Crippen LogP contribution in [0, 0.1) is 23.7 Å². The highest BCUT2D eigenvalue weighted by molar-refractivity contribution is 14.0. The Morgan fingerprint density at radius 1 is 1.23 bits per heavy atom. The van der Waals surface area contributed by atoms with Crippen LogP contribution in [0.3, 0.4) is 0 Å². The lowest BCUT2D eigenvalue weighted by Gasteiger charge is -2.17. The van der Waals surface area contributed by atoms with Crippen LogP contribution in [-0.4, -0.2) is 47.8 Å². The number of fused-ring (bicyclic) bond motifs is 5. The van der Waals surface area contributed by atoms with Crippen molar-refractivity contribution in [2.24, 2.45) is 28.7 Å². The Morgan fingerprint density at radius 2 is 1.90 bits per heavy atom. The van der Waals surface area contributed by atoms with Crippen LogP contribution < -0.4 is 10.6 Å². The number of guanidine groups is 1. The lowest BCUT2D eigenvalue weighted by molar-refractivity contribution is -0.140. The molecule has 2 amide bonds. The Kier molecular flexibility index (Phi) is 7.54. The van der Waals surface area contributed by atoms with Crippen LogP contribution >= 0.6 is 35.3 Å². The molecule has 2 heterocycles. The fraction of sp³-hybridized carbons (Fsp3) is 0.619. The summed E-state index contributed by atoms with van der Waals surface area (Å²) in [6.07, 6.45) is 5.94. The second kappa shape index (κ2) is 9.76. The third-order valence-corrected chi connectivity index (χ3v) is 7.33. The summed E-state index contributed by atoms with van der Waals surface area (Å²) in [7, 11) is 1.73. The Hall–Kier alpha value is -1.49.